The third kappa shape index (κ3) is 2.82. The van der Waals surface area contributed by atoms with Gasteiger partial charge in [-0.1, -0.05) is 12.1 Å². The molecule has 0 spiro atoms. The van der Waals surface area contributed by atoms with Crippen LogP contribution in [0.2, 0.25) is 0 Å². The molecule has 0 aliphatic carbocycles. The van der Waals surface area contributed by atoms with Crippen molar-refractivity contribution in [3.63, 3.8) is 0 Å². The second-order valence-corrected chi connectivity index (χ2v) is 3.87. The summed E-state index contributed by atoms with van der Waals surface area (Å²) in [5.41, 5.74) is 1.06. The first-order chi connectivity index (χ1) is 8.16. The molecule has 0 aromatic heterocycles. The van der Waals surface area contributed by atoms with Gasteiger partial charge >= 0.3 is 5.97 Å². The van der Waals surface area contributed by atoms with E-state index in [1.54, 1.807) is 17.0 Å². The van der Waals surface area contributed by atoms with Crippen LogP contribution >= 0.6 is 0 Å². The Kier molecular flexibility index (Phi) is 3.39. The molecule has 1 amide bonds. The number of carboxylic acid groups (broad SMARTS) is 1. The maximum absolute atomic E-state index is 11.5. The van der Waals surface area contributed by atoms with Gasteiger partial charge in [-0.15, -0.1) is 0 Å². The average Bonchev–Trinajstić information content (AvgIpc) is 2.32. The van der Waals surface area contributed by atoms with Gasteiger partial charge in [0.05, 0.1) is 12.2 Å². The van der Waals surface area contributed by atoms with E-state index in [4.69, 9.17) is 9.84 Å². The summed E-state index contributed by atoms with van der Waals surface area (Å²) >= 11 is 0. The molecule has 5 nitrogen and oxygen atoms in total. The van der Waals surface area contributed by atoms with Crippen LogP contribution in [-0.4, -0.2) is 41.6 Å². The molecule has 0 unspecified atom stereocenters. The van der Waals surface area contributed by atoms with Crippen LogP contribution in [-0.2, 0) is 16.1 Å². The monoisotopic (exact) mass is 235 g/mol. The van der Waals surface area contributed by atoms with E-state index >= 15 is 0 Å². The van der Waals surface area contributed by atoms with Crippen molar-refractivity contribution < 1.29 is 19.4 Å². The summed E-state index contributed by atoms with van der Waals surface area (Å²) in [5, 5.41) is 8.87. The largest absolute Gasteiger partial charge is 0.478 e. The molecule has 0 atom stereocenters. The lowest BCUT2D eigenvalue weighted by molar-refractivity contribution is -0.143. The zero-order valence-corrected chi connectivity index (χ0v) is 9.26. The molecule has 1 saturated heterocycles. The number of morpholine rings is 1. The van der Waals surface area contributed by atoms with Gasteiger partial charge in [0.2, 0.25) is 5.91 Å². The number of carbonyl (C=O) groups is 2. The summed E-state index contributed by atoms with van der Waals surface area (Å²) in [6.45, 7) is 1.63. The molecule has 0 bridgehead atoms. The van der Waals surface area contributed by atoms with Crippen molar-refractivity contribution in [2.24, 2.45) is 0 Å². The van der Waals surface area contributed by atoms with Crippen LogP contribution in [0.5, 0.6) is 0 Å². The standard InChI is InChI=1S/C12H13NO4/c14-11-8-17-5-4-13(11)7-9-2-1-3-10(6-9)12(15)16/h1-3,6H,4-5,7-8H2,(H,15,16). The minimum absolute atomic E-state index is 0.0584. The molecule has 1 N–H and O–H groups in total. The van der Waals surface area contributed by atoms with E-state index in [1.165, 1.54) is 6.07 Å². The van der Waals surface area contributed by atoms with E-state index in [1.807, 2.05) is 6.07 Å². The molecule has 2 rings (SSSR count). The Bertz CT molecular complexity index is 444. The highest BCUT2D eigenvalue weighted by molar-refractivity contribution is 5.87. The van der Waals surface area contributed by atoms with Gasteiger partial charge in [-0.2, -0.15) is 0 Å². The number of nitrogens with zero attached hydrogens (tertiary/aromatic N) is 1. The second-order valence-electron chi connectivity index (χ2n) is 3.87. The fourth-order valence-corrected chi connectivity index (χ4v) is 1.74. The quantitative estimate of drug-likeness (QED) is 0.839. The lowest BCUT2D eigenvalue weighted by Gasteiger charge is -2.26. The summed E-state index contributed by atoms with van der Waals surface area (Å²) in [7, 11) is 0. The fraction of sp³-hybridized carbons (Fsp3) is 0.333. The minimum atomic E-state index is -0.958. The number of aromatic carboxylic acids is 1. The zero-order chi connectivity index (χ0) is 12.3. The number of hydrogen-bond donors (Lipinski definition) is 1. The Labute approximate surface area is 98.6 Å². The van der Waals surface area contributed by atoms with Crippen LogP contribution in [0, 0.1) is 0 Å². The second kappa shape index (κ2) is 4.97. The molecule has 5 heteroatoms. The highest BCUT2D eigenvalue weighted by atomic mass is 16.5. The number of ether oxygens (including phenoxy) is 1. The predicted octanol–water partition coefficient (Wildman–Crippen LogP) is 0.744. The van der Waals surface area contributed by atoms with E-state index in [-0.39, 0.29) is 18.1 Å². The Balaban J connectivity index is 2.09. The Hall–Kier alpha value is -1.88. The lowest BCUT2D eigenvalue weighted by Crippen LogP contribution is -2.40. The van der Waals surface area contributed by atoms with E-state index in [0.717, 1.165) is 5.56 Å². The first kappa shape index (κ1) is 11.6. The molecule has 1 heterocycles. The van der Waals surface area contributed by atoms with Gasteiger partial charge in [0, 0.05) is 13.1 Å². The van der Waals surface area contributed by atoms with Crippen molar-refractivity contribution in [2.45, 2.75) is 6.54 Å². The van der Waals surface area contributed by atoms with Crippen molar-refractivity contribution in [1.29, 1.82) is 0 Å². The van der Waals surface area contributed by atoms with Crippen LogP contribution in [0.1, 0.15) is 15.9 Å². The maximum Gasteiger partial charge on any atom is 0.335 e. The van der Waals surface area contributed by atoms with Crippen molar-refractivity contribution in [3.8, 4) is 0 Å². The molecule has 1 fully saturated rings. The van der Waals surface area contributed by atoms with E-state index in [0.29, 0.717) is 19.7 Å². The SMILES string of the molecule is O=C(O)c1cccc(CN2CCOCC2=O)c1. The van der Waals surface area contributed by atoms with Crippen molar-refractivity contribution in [1.82, 2.24) is 4.90 Å². The van der Waals surface area contributed by atoms with Crippen LogP contribution in [0.15, 0.2) is 24.3 Å². The van der Waals surface area contributed by atoms with Gasteiger partial charge in [0.25, 0.3) is 0 Å². The van der Waals surface area contributed by atoms with Crippen LogP contribution in [0.4, 0.5) is 0 Å². The average molecular weight is 235 g/mol. The smallest absolute Gasteiger partial charge is 0.335 e. The predicted molar refractivity (Wildman–Crippen MR) is 59.6 cm³/mol. The molecule has 1 aromatic rings. The molecular weight excluding hydrogens is 222 g/mol. The first-order valence-corrected chi connectivity index (χ1v) is 5.34. The molecule has 1 aromatic carbocycles. The number of carboxylic acids is 1. The highest BCUT2D eigenvalue weighted by Crippen LogP contribution is 2.10. The van der Waals surface area contributed by atoms with Gasteiger partial charge in [-0.25, -0.2) is 4.79 Å². The zero-order valence-electron chi connectivity index (χ0n) is 9.26. The molecule has 1 aliphatic rings. The van der Waals surface area contributed by atoms with Crippen LogP contribution in [0.3, 0.4) is 0 Å². The number of amides is 1. The lowest BCUT2D eigenvalue weighted by atomic mass is 10.1. The molecule has 90 valence electrons. The molecule has 0 radical (unpaired) electrons. The van der Waals surface area contributed by atoms with Gasteiger partial charge in [-0.05, 0) is 17.7 Å². The van der Waals surface area contributed by atoms with Gasteiger partial charge in [0.1, 0.15) is 6.61 Å². The van der Waals surface area contributed by atoms with Crippen molar-refractivity contribution in [2.75, 3.05) is 19.8 Å². The summed E-state index contributed by atoms with van der Waals surface area (Å²) in [4.78, 5) is 24.0. The number of benzene rings is 1. The third-order valence-corrected chi connectivity index (χ3v) is 2.63. The van der Waals surface area contributed by atoms with Crippen molar-refractivity contribution in [3.05, 3.63) is 35.4 Å². The minimum Gasteiger partial charge on any atom is -0.478 e. The van der Waals surface area contributed by atoms with Gasteiger partial charge in [0.15, 0.2) is 0 Å². The van der Waals surface area contributed by atoms with E-state index in [9.17, 15) is 9.59 Å². The van der Waals surface area contributed by atoms with Crippen LogP contribution < -0.4 is 0 Å². The Morgan fingerprint density at radius 2 is 2.29 bits per heavy atom. The Morgan fingerprint density at radius 1 is 1.47 bits per heavy atom. The summed E-state index contributed by atoms with van der Waals surface area (Å²) < 4.78 is 5.03. The third-order valence-electron chi connectivity index (χ3n) is 2.63. The van der Waals surface area contributed by atoms with E-state index < -0.39 is 5.97 Å². The van der Waals surface area contributed by atoms with E-state index in [2.05, 4.69) is 0 Å². The Morgan fingerprint density at radius 3 is 3.00 bits per heavy atom. The molecule has 0 saturated carbocycles. The first-order valence-electron chi connectivity index (χ1n) is 5.34. The normalized spacial score (nSPS) is 16.0. The maximum atomic E-state index is 11.5. The molecule has 17 heavy (non-hydrogen) atoms. The topological polar surface area (TPSA) is 66.8 Å². The summed E-state index contributed by atoms with van der Waals surface area (Å²) in [6.07, 6.45) is 0. The number of hydrogen-bond acceptors (Lipinski definition) is 3. The summed E-state index contributed by atoms with van der Waals surface area (Å²) in [5.74, 6) is -1.02. The summed E-state index contributed by atoms with van der Waals surface area (Å²) in [6, 6.07) is 6.62. The molecule has 1 aliphatic heterocycles. The van der Waals surface area contributed by atoms with Crippen molar-refractivity contribution >= 4 is 11.9 Å². The fourth-order valence-electron chi connectivity index (χ4n) is 1.74. The van der Waals surface area contributed by atoms with Crippen LogP contribution in [0.25, 0.3) is 0 Å². The number of carbonyl (C=O) groups excluding carboxylic acids is 1. The van der Waals surface area contributed by atoms with Gasteiger partial charge < -0.3 is 14.7 Å². The molecular formula is C12H13NO4. The van der Waals surface area contributed by atoms with Gasteiger partial charge in [-0.3, -0.25) is 4.79 Å². The number of rotatable bonds is 3. The highest BCUT2D eigenvalue weighted by Gasteiger charge is 2.18.